The Morgan fingerprint density at radius 3 is 2.89 bits per heavy atom. The predicted molar refractivity (Wildman–Crippen MR) is 76.0 cm³/mol. The van der Waals surface area contributed by atoms with Crippen molar-refractivity contribution < 1.29 is 4.74 Å². The molecule has 1 aliphatic rings. The minimum absolute atomic E-state index is 0.404. The van der Waals surface area contributed by atoms with Gasteiger partial charge in [0.25, 0.3) is 0 Å². The second-order valence-electron chi connectivity index (χ2n) is 4.31. The van der Waals surface area contributed by atoms with Crippen molar-refractivity contribution in [2.24, 2.45) is 0 Å². The first-order chi connectivity index (χ1) is 8.72. The van der Waals surface area contributed by atoms with Gasteiger partial charge in [0.05, 0.1) is 10.6 Å². The van der Waals surface area contributed by atoms with Crippen LogP contribution in [0, 0.1) is 0 Å². The van der Waals surface area contributed by atoms with Crippen LogP contribution >= 0.6 is 15.9 Å². The van der Waals surface area contributed by atoms with Gasteiger partial charge in [-0.25, -0.2) is 4.98 Å². The second-order valence-corrected chi connectivity index (χ2v) is 5.16. The Labute approximate surface area is 116 Å². The maximum atomic E-state index is 5.54. The highest BCUT2D eigenvalue weighted by Crippen LogP contribution is 2.29. The Balaban J connectivity index is 1.91. The third-order valence-corrected chi connectivity index (χ3v) is 3.50. The van der Waals surface area contributed by atoms with Gasteiger partial charge in [-0.15, -0.1) is 0 Å². The Morgan fingerprint density at radius 2 is 2.22 bits per heavy atom. The number of rotatable bonds is 6. The van der Waals surface area contributed by atoms with Crippen molar-refractivity contribution in [2.75, 3.05) is 23.8 Å². The van der Waals surface area contributed by atoms with Gasteiger partial charge in [-0.2, -0.15) is 4.98 Å². The zero-order valence-electron chi connectivity index (χ0n) is 10.7. The molecular formula is C12H19BrN4O. The molecule has 0 aromatic carbocycles. The Hall–Kier alpha value is -0.880. The molecule has 0 amide bonds. The molecule has 18 heavy (non-hydrogen) atoms. The van der Waals surface area contributed by atoms with Crippen LogP contribution in [0.25, 0.3) is 0 Å². The van der Waals surface area contributed by atoms with Crippen LogP contribution in [0.2, 0.25) is 0 Å². The van der Waals surface area contributed by atoms with E-state index in [-0.39, 0.29) is 0 Å². The topological polar surface area (TPSA) is 59.1 Å². The van der Waals surface area contributed by atoms with Crippen LogP contribution in [0.15, 0.2) is 10.7 Å². The van der Waals surface area contributed by atoms with Crippen LogP contribution in [-0.2, 0) is 4.74 Å². The highest BCUT2D eigenvalue weighted by molar-refractivity contribution is 9.10. The van der Waals surface area contributed by atoms with Crippen LogP contribution in [0.1, 0.15) is 26.7 Å². The van der Waals surface area contributed by atoms with Gasteiger partial charge in [-0.1, -0.05) is 0 Å². The fourth-order valence-corrected chi connectivity index (χ4v) is 2.27. The fourth-order valence-electron chi connectivity index (χ4n) is 1.96. The van der Waals surface area contributed by atoms with Gasteiger partial charge in [-0.3, -0.25) is 0 Å². The minimum atomic E-state index is 0.404. The maximum absolute atomic E-state index is 5.54. The monoisotopic (exact) mass is 314 g/mol. The van der Waals surface area contributed by atoms with Gasteiger partial charge in [0.15, 0.2) is 0 Å². The molecule has 1 aromatic rings. The maximum Gasteiger partial charge on any atom is 0.224 e. The van der Waals surface area contributed by atoms with E-state index in [1.165, 1.54) is 0 Å². The summed E-state index contributed by atoms with van der Waals surface area (Å²) in [6, 6.07) is 0.447. The minimum Gasteiger partial charge on any atom is -0.378 e. The molecule has 1 aromatic heterocycles. The van der Waals surface area contributed by atoms with Crippen LogP contribution in [-0.4, -0.2) is 35.3 Å². The number of hydrogen-bond acceptors (Lipinski definition) is 5. The fraction of sp³-hybridized carbons (Fsp3) is 0.667. The van der Waals surface area contributed by atoms with Crippen molar-refractivity contribution in [1.29, 1.82) is 0 Å². The molecule has 6 heteroatoms. The van der Waals surface area contributed by atoms with Gasteiger partial charge in [0, 0.05) is 25.4 Å². The normalized spacial score (nSPS) is 22.4. The summed E-state index contributed by atoms with van der Waals surface area (Å²) in [7, 11) is 0. The molecule has 100 valence electrons. The average molecular weight is 315 g/mol. The van der Waals surface area contributed by atoms with Crippen molar-refractivity contribution in [2.45, 2.75) is 38.8 Å². The van der Waals surface area contributed by atoms with E-state index in [4.69, 9.17) is 4.74 Å². The third-order valence-electron chi connectivity index (χ3n) is 2.92. The van der Waals surface area contributed by atoms with Crippen molar-refractivity contribution in [3.05, 3.63) is 10.7 Å². The van der Waals surface area contributed by atoms with Gasteiger partial charge in [0.1, 0.15) is 5.82 Å². The summed E-state index contributed by atoms with van der Waals surface area (Å²) in [5.74, 6) is 1.50. The summed E-state index contributed by atoms with van der Waals surface area (Å²) >= 11 is 3.46. The molecule has 0 unspecified atom stereocenters. The standard InChI is InChI=1S/C12H19BrN4O/c1-3-14-12-15-7-10(13)11(17-12)16-8-5-9(6-8)18-4-2/h7-9H,3-6H2,1-2H3,(H2,14,15,16,17). The molecule has 1 heterocycles. The number of nitrogens with one attached hydrogen (secondary N) is 2. The highest BCUT2D eigenvalue weighted by Gasteiger charge is 2.30. The number of ether oxygens (including phenoxy) is 1. The number of hydrogen-bond donors (Lipinski definition) is 2. The van der Waals surface area contributed by atoms with Crippen molar-refractivity contribution in [3.8, 4) is 0 Å². The number of halogens is 1. The lowest BCUT2D eigenvalue weighted by atomic mass is 9.89. The summed E-state index contributed by atoms with van der Waals surface area (Å²) in [6.45, 7) is 5.66. The lowest BCUT2D eigenvalue weighted by Gasteiger charge is -2.35. The Morgan fingerprint density at radius 1 is 1.44 bits per heavy atom. The number of anilines is 2. The Kier molecular flexibility index (Phi) is 4.77. The highest BCUT2D eigenvalue weighted by atomic mass is 79.9. The average Bonchev–Trinajstić information content (AvgIpc) is 2.31. The smallest absolute Gasteiger partial charge is 0.224 e. The van der Waals surface area contributed by atoms with Gasteiger partial charge in [-0.05, 0) is 42.6 Å². The molecule has 5 nitrogen and oxygen atoms in total. The van der Waals surface area contributed by atoms with E-state index in [1.54, 1.807) is 6.20 Å². The van der Waals surface area contributed by atoms with Crippen LogP contribution in [0.5, 0.6) is 0 Å². The van der Waals surface area contributed by atoms with Crippen molar-refractivity contribution >= 4 is 27.7 Å². The van der Waals surface area contributed by atoms with E-state index in [0.29, 0.717) is 18.1 Å². The third kappa shape index (κ3) is 3.32. The van der Waals surface area contributed by atoms with Gasteiger partial charge >= 0.3 is 0 Å². The molecule has 1 fully saturated rings. The van der Waals surface area contributed by atoms with Crippen LogP contribution < -0.4 is 10.6 Å². The summed E-state index contributed by atoms with van der Waals surface area (Å²) in [5, 5.41) is 6.52. The zero-order chi connectivity index (χ0) is 13.0. The lowest BCUT2D eigenvalue weighted by molar-refractivity contribution is 0.00291. The summed E-state index contributed by atoms with van der Waals surface area (Å²) in [5.41, 5.74) is 0. The van der Waals surface area contributed by atoms with Gasteiger partial charge in [0.2, 0.25) is 5.95 Å². The summed E-state index contributed by atoms with van der Waals surface area (Å²) in [6.07, 6.45) is 4.26. The van der Waals surface area contributed by atoms with Crippen LogP contribution in [0.3, 0.4) is 0 Å². The molecule has 0 saturated heterocycles. The first-order valence-corrected chi connectivity index (χ1v) is 7.16. The molecule has 0 aliphatic heterocycles. The largest absolute Gasteiger partial charge is 0.378 e. The number of aromatic nitrogens is 2. The summed E-state index contributed by atoms with van der Waals surface area (Å²) < 4.78 is 6.43. The van der Waals surface area contributed by atoms with Gasteiger partial charge < -0.3 is 15.4 Å². The molecule has 2 rings (SSSR count). The van der Waals surface area contributed by atoms with Crippen LogP contribution in [0.4, 0.5) is 11.8 Å². The molecule has 0 spiro atoms. The quantitative estimate of drug-likeness (QED) is 0.845. The molecule has 0 radical (unpaired) electrons. The molecule has 0 bridgehead atoms. The lowest BCUT2D eigenvalue weighted by Crippen LogP contribution is -2.41. The van der Waals surface area contributed by atoms with E-state index in [2.05, 4.69) is 36.5 Å². The van der Waals surface area contributed by atoms with E-state index in [0.717, 1.165) is 36.3 Å². The second kappa shape index (κ2) is 6.33. The zero-order valence-corrected chi connectivity index (χ0v) is 12.3. The molecule has 0 atom stereocenters. The number of nitrogens with zero attached hydrogens (tertiary/aromatic N) is 2. The SMILES string of the molecule is CCNc1ncc(Br)c(NC2CC(OCC)C2)n1. The van der Waals surface area contributed by atoms with E-state index < -0.39 is 0 Å². The molecule has 1 saturated carbocycles. The van der Waals surface area contributed by atoms with Crippen molar-refractivity contribution in [3.63, 3.8) is 0 Å². The van der Waals surface area contributed by atoms with E-state index in [1.807, 2.05) is 13.8 Å². The molecule has 2 N–H and O–H groups in total. The van der Waals surface area contributed by atoms with E-state index in [9.17, 15) is 0 Å². The van der Waals surface area contributed by atoms with E-state index >= 15 is 0 Å². The summed E-state index contributed by atoms with van der Waals surface area (Å²) in [4.78, 5) is 8.62. The molecular weight excluding hydrogens is 296 g/mol. The predicted octanol–water partition coefficient (Wildman–Crippen LogP) is 2.65. The molecule has 1 aliphatic carbocycles. The Bertz CT molecular complexity index is 396. The van der Waals surface area contributed by atoms with Crippen molar-refractivity contribution in [1.82, 2.24) is 9.97 Å². The first kappa shape index (κ1) is 13.5. The first-order valence-electron chi connectivity index (χ1n) is 6.37.